The second kappa shape index (κ2) is 7.11. The lowest BCUT2D eigenvalue weighted by atomic mass is 10.1. The van der Waals surface area contributed by atoms with Gasteiger partial charge in [0.1, 0.15) is 0 Å². The summed E-state index contributed by atoms with van der Waals surface area (Å²) in [5.74, 6) is 0. The van der Waals surface area contributed by atoms with Crippen molar-refractivity contribution in [1.29, 1.82) is 0 Å². The maximum Gasteiger partial charge on any atom is 0.0725 e. The van der Waals surface area contributed by atoms with Gasteiger partial charge < -0.3 is 5.11 Å². The van der Waals surface area contributed by atoms with E-state index in [1.807, 2.05) is 32.9 Å². The highest BCUT2D eigenvalue weighted by Crippen LogP contribution is 2.15. The molecule has 1 N–H and O–H groups in total. The molecule has 0 saturated carbocycles. The van der Waals surface area contributed by atoms with Crippen LogP contribution in [0, 0.1) is 0 Å². The van der Waals surface area contributed by atoms with Gasteiger partial charge >= 0.3 is 0 Å². The summed E-state index contributed by atoms with van der Waals surface area (Å²) < 4.78 is 0. The Morgan fingerprint density at radius 1 is 1.42 bits per heavy atom. The summed E-state index contributed by atoms with van der Waals surface area (Å²) in [7, 11) is 0. The van der Waals surface area contributed by atoms with E-state index in [1.165, 1.54) is 6.42 Å². The highest BCUT2D eigenvalue weighted by Gasteiger charge is 2.03. The van der Waals surface area contributed by atoms with Crippen LogP contribution >= 0.6 is 0 Å². The summed E-state index contributed by atoms with van der Waals surface area (Å²) in [6, 6.07) is 0. The highest BCUT2D eigenvalue weighted by molar-refractivity contribution is 5.17. The molecule has 0 bridgehead atoms. The van der Waals surface area contributed by atoms with Crippen LogP contribution in [0.5, 0.6) is 0 Å². The van der Waals surface area contributed by atoms with E-state index in [0.717, 1.165) is 18.4 Å². The predicted octanol–water partition coefficient (Wildman–Crippen LogP) is 3.06. The van der Waals surface area contributed by atoms with E-state index in [4.69, 9.17) is 0 Å². The predicted molar refractivity (Wildman–Crippen MR) is 54.1 cm³/mol. The molecular formula is C11H20O. The average molecular weight is 168 g/mol. The molecule has 1 aliphatic rings. The van der Waals surface area contributed by atoms with Crippen molar-refractivity contribution in [3.63, 3.8) is 0 Å². The van der Waals surface area contributed by atoms with Crippen LogP contribution in [0.1, 0.15) is 40.0 Å². The van der Waals surface area contributed by atoms with E-state index >= 15 is 0 Å². The van der Waals surface area contributed by atoms with Crippen molar-refractivity contribution < 1.29 is 5.11 Å². The molecule has 0 spiro atoms. The minimum Gasteiger partial charge on any atom is -0.389 e. The van der Waals surface area contributed by atoms with Gasteiger partial charge in [-0.05, 0) is 31.8 Å². The molecule has 1 heteroatoms. The van der Waals surface area contributed by atoms with Gasteiger partial charge in [0.25, 0.3) is 0 Å². The normalized spacial score (nSPS) is 18.5. The Morgan fingerprint density at radius 2 is 2.08 bits per heavy atom. The van der Waals surface area contributed by atoms with E-state index in [2.05, 4.69) is 6.08 Å². The Kier molecular flexibility index (Phi) is 6.78. The van der Waals surface area contributed by atoms with Crippen molar-refractivity contribution in [3.8, 4) is 0 Å². The molecule has 0 aliphatic heterocycles. The number of aliphatic hydroxyl groups is 1. The second-order valence-electron chi connectivity index (χ2n) is 2.74. The molecule has 0 saturated heterocycles. The third kappa shape index (κ3) is 4.35. The minimum absolute atomic E-state index is 0.261. The maximum absolute atomic E-state index is 9.20. The smallest absolute Gasteiger partial charge is 0.0725 e. The summed E-state index contributed by atoms with van der Waals surface area (Å²) in [5, 5.41) is 9.20. The molecule has 0 heterocycles. The quantitative estimate of drug-likeness (QED) is 0.638. The molecule has 1 rings (SSSR count). The fraction of sp³-hybridized carbons (Fsp3) is 0.636. The standard InChI is InChI=1S/C9H14O.C2H6/c1-8(10)9-6-4-2-3-5-7-9;1-2/h2,4,6,8,10H,3,5,7H2,1H3;1-2H3. The zero-order valence-electron chi connectivity index (χ0n) is 8.38. The van der Waals surface area contributed by atoms with Gasteiger partial charge in [-0.25, -0.2) is 0 Å². The first kappa shape index (κ1) is 11.4. The number of hydrogen-bond donors (Lipinski definition) is 1. The molecule has 1 unspecified atom stereocenters. The topological polar surface area (TPSA) is 20.2 Å². The molecule has 0 aromatic heterocycles. The van der Waals surface area contributed by atoms with Gasteiger partial charge in [-0.1, -0.05) is 32.1 Å². The Labute approximate surface area is 75.8 Å². The first-order valence-corrected chi connectivity index (χ1v) is 4.84. The summed E-state index contributed by atoms with van der Waals surface area (Å²) in [6.07, 6.45) is 9.31. The SMILES string of the molecule is CC.CC(O)C1=CC=CCCC1. The molecule has 1 aliphatic carbocycles. The van der Waals surface area contributed by atoms with Crippen molar-refractivity contribution in [2.75, 3.05) is 0 Å². The van der Waals surface area contributed by atoms with Crippen molar-refractivity contribution in [2.24, 2.45) is 0 Å². The minimum atomic E-state index is -0.261. The number of allylic oxidation sites excluding steroid dienone is 3. The molecule has 0 amide bonds. The molecule has 0 radical (unpaired) electrons. The molecule has 0 aromatic rings. The van der Waals surface area contributed by atoms with Crippen LogP contribution in [0.3, 0.4) is 0 Å². The number of aliphatic hydroxyl groups excluding tert-OH is 1. The van der Waals surface area contributed by atoms with Gasteiger partial charge in [0, 0.05) is 0 Å². The molecular weight excluding hydrogens is 148 g/mol. The van der Waals surface area contributed by atoms with E-state index in [0.29, 0.717) is 0 Å². The van der Waals surface area contributed by atoms with Gasteiger partial charge in [-0.15, -0.1) is 0 Å². The fourth-order valence-corrected chi connectivity index (χ4v) is 1.14. The van der Waals surface area contributed by atoms with Crippen LogP contribution in [0.25, 0.3) is 0 Å². The first-order chi connectivity index (χ1) is 5.80. The van der Waals surface area contributed by atoms with Crippen molar-refractivity contribution >= 4 is 0 Å². The fourth-order valence-electron chi connectivity index (χ4n) is 1.14. The largest absolute Gasteiger partial charge is 0.389 e. The Hall–Kier alpha value is -0.560. The van der Waals surface area contributed by atoms with Crippen LogP contribution in [-0.2, 0) is 0 Å². The van der Waals surface area contributed by atoms with Crippen LogP contribution in [-0.4, -0.2) is 11.2 Å². The third-order valence-electron chi connectivity index (χ3n) is 1.82. The summed E-state index contributed by atoms with van der Waals surface area (Å²) >= 11 is 0. The number of rotatable bonds is 1. The van der Waals surface area contributed by atoms with Crippen LogP contribution < -0.4 is 0 Å². The van der Waals surface area contributed by atoms with E-state index < -0.39 is 0 Å². The molecule has 1 atom stereocenters. The summed E-state index contributed by atoms with van der Waals surface area (Å²) in [5.41, 5.74) is 1.16. The van der Waals surface area contributed by atoms with Crippen molar-refractivity contribution in [1.82, 2.24) is 0 Å². The monoisotopic (exact) mass is 168 g/mol. The van der Waals surface area contributed by atoms with Crippen LogP contribution in [0.15, 0.2) is 23.8 Å². The van der Waals surface area contributed by atoms with Gasteiger partial charge in [0.15, 0.2) is 0 Å². The average Bonchev–Trinajstić information content (AvgIpc) is 2.35. The Morgan fingerprint density at radius 3 is 2.67 bits per heavy atom. The van der Waals surface area contributed by atoms with Gasteiger partial charge in [-0.2, -0.15) is 0 Å². The summed E-state index contributed by atoms with van der Waals surface area (Å²) in [4.78, 5) is 0. The van der Waals surface area contributed by atoms with Gasteiger partial charge in [-0.3, -0.25) is 0 Å². The van der Waals surface area contributed by atoms with Gasteiger partial charge in [0.05, 0.1) is 6.10 Å². The lowest BCUT2D eigenvalue weighted by Crippen LogP contribution is -2.03. The first-order valence-electron chi connectivity index (χ1n) is 4.84. The molecule has 1 nitrogen and oxygen atoms in total. The second-order valence-corrected chi connectivity index (χ2v) is 2.74. The maximum atomic E-state index is 9.20. The van der Waals surface area contributed by atoms with Crippen molar-refractivity contribution in [2.45, 2.75) is 46.1 Å². The molecule has 0 fully saturated rings. The van der Waals surface area contributed by atoms with E-state index in [-0.39, 0.29) is 6.10 Å². The third-order valence-corrected chi connectivity index (χ3v) is 1.82. The lowest BCUT2D eigenvalue weighted by molar-refractivity contribution is 0.226. The van der Waals surface area contributed by atoms with Crippen LogP contribution in [0.4, 0.5) is 0 Å². The number of hydrogen-bond acceptors (Lipinski definition) is 1. The van der Waals surface area contributed by atoms with E-state index in [1.54, 1.807) is 0 Å². The molecule has 0 aromatic carbocycles. The lowest BCUT2D eigenvalue weighted by Gasteiger charge is -2.06. The summed E-state index contributed by atoms with van der Waals surface area (Å²) in [6.45, 7) is 5.82. The molecule has 12 heavy (non-hydrogen) atoms. The van der Waals surface area contributed by atoms with Gasteiger partial charge in [0.2, 0.25) is 0 Å². The Balaban J connectivity index is 0.000000561. The Bertz CT molecular complexity index is 154. The van der Waals surface area contributed by atoms with E-state index in [9.17, 15) is 5.11 Å². The van der Waals surface area contributed by atoms with Crippen LogP contribution in [0.2, 0.25) is 0 Å². The zero-order chi connectivity index (χ0) is 9.40. The highest BCUT2D eigenvalue weighted by atomic mass is 16.3. The molecule has 70 valence electrons. The van der Waals surface area contributed by atoms with Crippen molar-refractivity contribution in [3.05, 3.63) is 23.8 Å². The zero-order valence-corrected chi connectivity index (χ0v) is 8.38.